The van der Waals surface area contributed by atoms with Gasteiger partial charge in [-0.1, -0.05) is 0 Å². The molecule has 0 amide bonds. The predicted octanol–water partition coefficient (Wildman–Crippen LogP) is 1.69. The van der Waals surface area contributed by atoms with E-state index in [0.29, 0.717) is 11.0 Å². The third-order valence-corrected chi connectivity index (χ3v) is 4.34. The van der Waals surface area contributed by atoms with E-state index in [1.54, 1.807) is 25.2 Å². The van der Waals surface area contributed by atoms with E-state index in [1.807, 2.05) is 0 Å². The number of rotatable bonds is 5. The normalized spacial score (nSPS) is 11.5. The van der Waals surface area contributed by atoms with Crippen LogP contribution >= 0.6 is 15.9 Å². The maximum atomic E-state index is 12.2. The molecule has 0 radical (unpaired) electrons. The number of H-pyrrole nitrogens is 1. The average Bonchev–Trinajstić information content (AvgIpc) is 2.82. The molecular weight excluding hydrogens is 332 g/mol. The minimum atomic E-state index is -3.63. The largest absolute Gasteiger partial charge is 0.363 e. The second kappa shape index (κ2) is 5.72. The van der Waals surface area contributed by atoms with Crippen LogP contribution in [0.15, 0.2) is 40.0 Å². The molecule has 0 atom stereocenters. The summed E-state index contributed by atoms with van der Waals surface area (Å²) in [6, 6.07) is 5.01. The van der Waals surface area contributed by atoms with Crippen molar-refractivity contribution in [3.05, 3.63) is 40.8 Å². The minimum Gasteiger partial charge on any atom is -0.363 e. The van der Waals surface area contributed by atoms with Gasteiger partial charge in [0.1, 0.15) is 4.90 Å². The van der Waals surface area contributed by atoms with Gasteiger partial charge in [-0.15, -0.1) is 0 Å². The molecule has 0 fully saturated rings. The lowest BCUT2D eigenvalue weighted by Crippen LogP contribution is -2.13. The first-order valence-corrected chi connectivity index (χ1v) is 7.76. The number of nitrogens with zero attached hydrogens (tertiary/aromatic N) is 1. The van der Waals surface area contributed by atoms with Crippen LogP contribution in [0.25, 0.3) is 0 Å². The van der Waals surface area contributed by atoms with Crippen LogP contribution in [0.4, 0.5) is 5.82 Å². The second-order valence-electron chi connectivity index (χ2n) is 3.83. The van der Waals surface area contributed by atoms with E-state index in [0.717, 1.165) is 5.69 Å². The van der Waals surface area contributed by atoms with Crippen molar-refractivity contribution < 1.29 is 8.42 Å². The van der Waals surface area contributed by atoms with Gasteiger partial charge in [0.15, 0.2) is 5.82 Å². The zero-order valence-electron chi connectivity index (χ0n) is 10.1. The number of halogens is 1. The van der Waals surface area contributed by atoms with E-state index in [4.69, 9.17) is 0 Å². The van der Waals surface area contributed by atoms with E-state index < -0.39 is 10.0 Å². The summed E-state index contributed by atoms with van der Waals surface area (Å²) in [5.41, 5.74) is 0.794. The van der Waals surface area contributed by atoms with Gasteiger partial charge >= 0.3 is 0 Å². The zero-order chi connectivity index (χ0) is 13.9. The van der Waals surface area contributed by atoms with Crippen LogP contribution in [0.5, 0.6) is 0 Å². The topological polar surface area (TPSA) is 86.9 Å². The van der Waals surface area contributed by atoms with E-state index in [2.05, 4.69) is 35.9 Å². The van der Waals surface area contributed by atoms with Crippen molar-refractivity contribution in [2.24, 2.45) is 0 Å². The van der Waals surface area contributed by atoms with E-state index >= 15 is 0 Å². The van der Waals surface area contributed by atoms with Gasteiger partial charge in [-0.2, -0.15) is 0 Å². The molecular formula is C11H13BrN4O2S. The Hall–Kier alpha value is -1.38. The average molecular weight is 345 g/mol. The fourth-order valence-electron chi connectivity index (χ4n) is 1.51. The molecule has 0 aromatic carbocycles. The molecule has 3 N–H and O–H groups in total. The second-order valence-corrected chi connectivity index (χ2v) is 6.37. The Morgan fingerprint density at radius 3 is 2.95 bits per heavy atom. The van der Waals surface area contributed by atoms with Crippen LogP contribution < -0.4 is 10.0 Å². The molecule has 8 heteroatoms. The zero-order valence-corrected chi connectivity index (χ0v) is 12.5. The van der Waals surface area contributed by atoms with Crippen LogP contribution in [0, 0.1) is 0 Å². The first-order chi connectivity index (χ1) is 9.03. The first kappa shape index (κ1) is 14.0. The molecule has 102 valence electrons. The minimum absolute atomic E-state index is 0.176. The molecule has 19 heavy (non-hydrogen) atoms. The molecule has 0 aliphatic heterocycles. The smallest absolute Gasteiger partial charge is 0.264 e. The van der Waals surface area contributed by atoms with Gasteiger partial charge in [-0.25, -0.2) is 13.4 Å². The van der Waals surface area contributed by atoms with Gasteiger partial charge < -0.3 is 10.3 Å². The molecule has 2 aromatic heterocycles. The molecule has 0 aliphatic rings. The Kier molecular flexibility index (Phi) is 4.23. The summed E-state index contributed by atoms with van der Waals surface area (Å²) in [4.78, 5) is 7.05. The lowest BCUT2D eigenvalue weighted by Gasteiger charge is -2.06. The summed E-state index contributed by atoms with van der Waals surface area (Å²) in [7, 11) is -1.84. The Balaban J connectivity index is 2.25. The lowest BCUT2D eigenvalue weighted by atomic mass is 10.4. The molecule has 0 saturated carbocycles. The number of hydrogen-bond acceptors (Lipinski definition) is 4. The SMILES string of the molecule is CNCc1cc(S(=O)(=O)Nc2ncccc2Br)c[nH]1. The molecule has 0 bridgehead atoms. The highest BCUT2D eigenvalue weighted by Gasteiger charge is 2.17. The lowest BCUT2D eigenvalue weighted by molar-refractivity contribution is 0.601. The molecule has 6 nitrogen and oxygen atoms in total. The van der Waals surface area contributed by atoms with E-state index in [-0.39, 0.29) is 10.7 Å². The van der Waals surface area contributed by atoms with Crippen molar-refractivity contribution in [1.82, 2.24) is 15.3 Å². The van der Waals surface area contributed by atoms with E-state index in [9.17, 15) is 8.42 Å². The summed E-state index contributed by atoms with van der Waals surface area (Å²) >= 11 is 3.24. The van der Waals surface area contributed by atoms with Crippen LogP contribution in [0.2, 0.25) is 0 Å². The third kappa shape index (κ3) is 3.34. The highest BCUT2D eigenvalue weighted by Crippen LogP contribution is 2.22. The quantitative estimate of drug-likeness (QED) is 0.770. The number of pyridine rings is 1. The van der Waals surface area contributed by atoms with Gasteiger partial charge in [-0.3, -0.25) is 4.72 Å². The van der Waals surface area contributed by atoms with Crippen molar-refractivity contribution >= 4 is 31.8 Å². The van der Waals surface area contributed by atoms with Crippen LogP contribution in [0.1, 0.15) is 5.69 Å². The molecule has 0 saturated heterocycles. The van der Waals surface area contributed by atoms with Gasteiger partial charge in [0.05, 0.1) is 4.47 Å². The molecule has 0 spiro atoms. The number of hydrogen-bond donors (Lipinski definition) is 3. The molecule has 0 aliphatic carbocycles. The van der Waals surface area contributed by atoms with Crippen molar-refractivity contribution in [1.29, 1.82) is 0 Å². The van der Waals surface area contributed by atoms with Crippen LogP contribution in [0.3, 0.4) is 0 Å². The van der Waals surface area contributed by atoms with Gasteiger partial charge in [0.2, 0.25) is 0 Å². The summed E-state index contributed by atoms with van der Waals surface area (Å²) in [5.74, 6) is 0.263. The Labute approximate surface area is 119 Å². The van der Waals surface area contributed by atoms with Crippen LogP contribution in [-0.4, -0.2) is 25.4 Å². The Bertz CT molecular complexity index is 669. The van der Waals surface area contributed by atoms with Crippen molar-refractivity contribution in [3.8, 4) is 0 Å². The van der Waals surface area contributed by atoms with E-state index in [1.165, 1.54) is 12.4 Å². The number of aromatic amines is 1. The number of anilines is 1. The Morgan fingerprint density at radius 2 is 2.26 bits per heavy atom. The molecule has 2 rings (SSSR count). The highest BCUT2D eigenvalue weighted by atomic mass is 79.9. The fourth-order valence-corrected chi connectivity index (χ4v) is 3.05. The Morgan fingerprint density at radius 1 is 1.47 bits per heavy atom. The molecule has 2 aromatic rings. The standard InChI is InChI=1S/C11H13BrN4O2S/c1-13-6-8-5-9(7-15-8)19(17,18)16-11-10(12)3-2-4-14-11/h2-5,7,13,15H,6H2,1H3,(H,14,16). The summed E-state index contributed by atoms with van der Waals surface area (Å²) in [5, 5.41) is 2.94. The fraction of sp³-hybridized carbons (Fsp3) is 0.182. The number of nitrogens with one attached hydrogen (secondary N) is 3. The summed E-state index contributed by atoms with van der Waals surface area (Å²) < 4.78 is 27.3. The first-order valence-electron chi connectivity index (χ1n) is 5.48. The highest BCUT2D eigenvalue weighted by molar-refractivity contribution is 9.10. The monoisotopic (exact) mass is 344 g/mol. The number of aromatic nitrogens is 2. The van der Waals surface area contributed by atoms with Gasteiger partial charge in [0.25, 0.3) is 10.0 Å². The van der Waals surface area contributed by atoms with Crippen molar-refractivity contribution in [2.75, 3.05) is 11.8 Å². The molecule has 0 unspecified atom stereocenters. The summed E-state index contributed by atoms with van der Waals surface area (Å²) in [6.45, 7) is 0.572. The maximum absolute atomic E-state index is 12.2. The molecule has 2 heterocycles. The predicted molar refractivity (Wildman–Crippen MR) is 76.3 cm³/mol. The maximum Gasteiger partial charge on any atom is 0.264 e. The van der Waals surface area contributed by atoms with Crippen molar-refractivity contribution in [2.45, 2.75) is 11.4 Å². The van der Waals surface area contributed by atoms with Crippen molar-refractivity contribution in [3.63, 3.8) is 0 Å². The van der Waals surface area contributed by atoms with Gasteiger partial charge in [-0.05, 0) is 41.2 Å². The third-order valence-electron chi connectivity index (χ3n) is 2.38. The van der Waals surface area contributed by atoms with Gasteiger partial charge in [0, 0.05) is 24.6 Å². The van der Waals surface area contributed by atoms with Crippen LogP contribution in [-0.2, 0) is 16.6 Å². The summed E-state index contributed by atoms with van der Waals surface area (Å²) in [6.07, 6.45) is 2.97. The number of sulfonamides is 1.